The van der Waals surface area contributed by atoms with Crippen LogP contribution in [0.3, 0.4) is 0 Å². The molecular weight excluding hydrogens is 214 g/mol. The fourth-order valence-electron chi connectivity index (χ4n) is 0.876. The molecule has 0 bridgehead atoms. The van der Waals surface area contributed by atoms with Crippen LogP contribution in [-0.4, -0.2) is 15.7 Å². The second kappa shape index (κ2) is 3.18. The summed E-state index contributed by atoms with van der Waals surface area (Å²) in [5, 5.41) is 0. The van der Waals surface area contributed by atoms with Crippen molar-refractivity contribution in [2.24, 2.45) is 0 Å². The topological polar surface area (TPSA) is 17.8 Å². The lowest BCUT2D eigenvalue weighted by molar-refractivity contribution is -0.158. The molecule has 0 aliphatic carbocycles. The van der Waals surface area contributed by atoms with Crippen LogP contribution in [0.5, 0.6) is 0 Å². The molecule has 80 valence electrons. The molecule has 0 fully saturated rings. The van der Waals surface area contributed by atoms with E-state index in [1.807, 2.05) is 0 Å². The van der Waals surface area contributed by atoms with E-state index in [4.69, 9.17) is 0 Å². The number of rotatable bonds is 1. The van der Waals surface area contributed by atoms with Gasteiger partial charge < -0.3 is 4.57 Å². The SMILES string of the molecule is FC(F)(F)Cn1cncc1C(F)(F)F. The largest absolute Gasteiger partial charge is 0.432 e. The fraction of sp³-hybridized carbons (Fsp3) is 0.500. The first kappa shape index (κ1) is 10.9. The summed E-state index contributed by atoms with van der Waals surface area (Å²) in [4.78, 5) is 3.02. The number of halogens is 6. The zero-order chi connectivity index (χ0) is 11.0. The Bertz CT molecular complexity index is 309. The Morgan fingerprint density at radius 1 is 1.14 bits per heavy atom. The summed E-state index contributed by atoms with van der Waals surface area (Å²) in [6.07, 6.45) is -8.66. The molecule has 0 saturated heterocycles. The van der Waals surface area contributed by atoms with Gasteiger partial charge in [0.05, 0.1) is 12.5 Å². The van der Waals surface area contributed by atoms with Crippen molar-refractivity contribution < 1.29 is 26.3 Å². The molecule has 0 aromatic carbocycles. The van der Waals surface area contributed by atoms with Crippen LogP contribution in [0, 0.1) is 0 Å². The molecule has 0 N–H and O–H groups in total. The van der Waals surface area contributed by atoms with E-state index in [0.29, 0.717) is 12.5 Å². The maximum absolute atomic E-state index is 12.0. The number of hydrogen-bond acceptors (Lipinski definition) is 1. The van der Waals surface area contributed by atoms with E-state index >= 15 is 0 Å². The van der Waals surface area contributed by atoms with Crippen molar-refractivity contribution in [2.75, 3.05) is 0 Å². The van der Waals surface area contributed by atoms with Crippen molar-refractivity contribution in [2.45, 2.75) is 18.9 Å². The first-order valence-electron chi connectivity index (χ1n) is 3.34. The van der Waals surface area contributed by atoms with Crippen molar-refractivity contribution in [3.8, 4) is 0 Å². The number of alkyl halides is 6. The number of aromatic nitrogens is 2. The van der Waals surface area contributed by atoms with Gasteiger partial charge in [0.1, 0.15) is 12.2 Å². The molecule has 1 aromatic heterocycles. The van der Waals surface area contributed by atoms with Gasteiger partial charge in [-0.25, -0.2) is 4.98 Å². The van der Waals surface area contributed by atoms with Crippen molar-refractivity contribution in [3.05, 3.63) is 18.2 Å². The summed E-state index contributed by atoms with van der Waals surface area (Å²) in [6.45, 7) is -1.69. The molecule has 1 heterocycles. The molecule has 0 aliphatic heterocycles. The second-order valence-electron chi connectivity index (χ2n) is 2.52. The van der Waals surface area contributed by atoms with Crippen LogP contribution in [-0.2, 0) is 12.7 Å². The van der Waals surface area contributed by atoms with Crippen molar-refractivity contribution in [1.29, 1.82) is 0 Å². The van der Waals surface area contributed by atoms with Gasteiger partial charge in [-0.2, -0.15) is 26.3 Å². The molecule has 2 nitrogen and oxygen atoms in total. The minimum absolute atomic E-state index is 0.0139. The Kier molecular flexibility index (Phi) is 2.47. The van der Waals surface area contributed by atoms with Crippen LogP contribution in [0.1, 0.15) is 5.69 Å². The number of hydrogen-bond donors (Lipinski definition) is 0. The van der Waals surface area contributed by atoms with E-state index in [0.717, 1.165) is 0 Å². The molecule has 0 unspecified atom stereocenters. The predicted molar refractivity (Wildman–Crippen MR) is 33.3 cm³/mol. The van der Waals surface area contributed by atoms with E-state index < -0.39 is 24.6 Å². The Labute approximate surface area is 74.2 Å². The lowest BCUT2D eigenvalue weighted by atomic mass is 10.4. The summed E-state index contributed by atoms with van der Waals surface area (Å²) in [6, 6.07) is 0. The molecule has 1 rings (SSSR count). The molecule has 0 atom stereocenters. The van der Waals surface area contributed by atoms with Crippen LogP contribution in [0.4, 0.5) is 26.3 Å². The molecule has 0 spiro atoms. The predicted octanol–water partition coefficient (Wildman–Crippen LogP) is 2.46. The monoisotopic (exact) mass is 218 g/mol. The Balaban J connectivity index is 2.95. The minimum Gasteiger partial charge on any atom is -0.318 e. The van der Waals surface area contributed by atoms with E-state index in [2.05, 4.69) is 4.98 Å². The van der Waals surface area contributed by atoms with Gasteiger partial charge in [0, 0.05) is 0 Å². The number of nitrogens with zero attached hydrogens (tertiary/aromatic N) is 2. The van der Waals surface area contributed by atoms with E-state index in [-0.39, 0.29) is 4.57 Å². The first-order valence-corrected chi connectivity index (χ1v) is 3.34. The summed E-state index contributed by atoms with van der Waals surface area (Å²) in [5.41, 5.74) is -1.41. The zero-order valence-corrected chi connectivity index (χ0v) is 6.52. The maximum atomic E-state index is 12.0. The third kappa shape index (κ3) is 2.64. The minimum atomic E-state index is -4.82. The normalized spacial score (nSPS) is 13.3. The average molecular weight is 218 g/mol. The summed E-state index contributed by atoms with van der Waals surface area (Å²) < 4.78 is 71.4. The lowest BCUT2D eigenvalue weighted by Gasteiger charge is -2.12. The Morgan fingerprint density at radius 2 is 1.71 bits per heavy atom. The molecule has 8 heteroatoms. The molecule has 1 aromatic rings. The third-order valence-corrected chi connectivity index (χ3v) is 1.35. The quantitative estimate of drug-likeness (QED) is 0.662. The van der Waals surface area contributed by atoms with Gasteiger partial charge in [-0.05, 0) is 0 Å². The van der Waals surface area contributed by atoms with Crippen molar-refractivity contribution in [3.63, 3.8) is 0 Å². The molecule has 14 heavy (non-hydrogen) atoms. The van der Waals surface area contributed by atoms with Crippen molar-refractivity contribution in [1.82, 2.24) is 9.55 Å². The van der Waals surface area contributed by atoms with Gasteiger partial charge in [0.25, 0.3) is 0 Å². The summed E-state index contributed by atoms with van der Waals surface area (Å²) in [7, 11) is 0. The van der Waals surface area contributed by atoms with Gasteiger partial charge in [-0.15, -0.1) is 0 Å². The summed E-state index contributed by atoms with van der Waals surface area (Å²) in [5.74, 6) is 0. The van der Waals surface area contributed by atoms with E-state index in [9.17, 15) is 26.3 Å². The van der Waals surface area contributed by atoms with Gasteiger partial charge in [-0.3, -0.25) is 0 Å². The molecule has 0 amide bonds. The fourth-order valence-corrected chi connectivity index (χ4v) is 0.876. The first-order chi connectivity index (χ1) is 6.20. The smallest absolute Gasteiger partial charge is 0.318 e. The van der Waals surface area contributed by atoms with Gasteiger partial charge in [-0.1, -0.05) is 0 Å². The van der Waals surface area contributed by atoms with Crippen LogP contribution < -0.4 is 0 Å². The van der Waals surface area contributed by atoms with E-state index in [1.165, 1.54) is 0 Å². The summed E-state index contributed by atoms with van der Waals surface area (Å²) >= 11 is 0. The molecule has 0 aliphatic rings. The van der Waals surface area contributed by atoms with Gasteiger partial charge >= 0.3 is 12.4 Å². The highest BCUT2D eigenvalue weighted by Crippen LogP contribution is 2.30. The number of imidazole rings is 1. The Hall–Kier alpha value is -1.21. The highest BCUT2D eigenvalue weighted by molar-refractivity contribution is 5.03. The average Bonchev–Trinajstić information content (AvgIpc) is 2.29. The zero-order valence-electron chi connectivity index (χ0n) is 6.52. The molecule has 0 radical (unpaired) electrons. The maximum Gasteiger partial charge on any atom is 0.432 e. The second-order valence-corrected chi connectivity index (χ2v) is 2.52. The van der Waals surface area contributed by atoms with Gasteiger partial charge in [0.2, 0.25) is 0 Å². The highest BCUT2D eigenvalue weighted by Gasteiger charge is 2.38. The third-order valence-electron chi connectivity index (χ3n) is 1.35. The standard InChI is InChI=1S/C6H4F6N2/c7-5(8,9)2-14-3-13-1-4(14)6(10,11)12/h1,3H,2H2. The lowest BCUT2D eigenvalue weighted by Crippen LogP contribution is -2.22. The van der Waals surface area contributed by atoms with Crippen molar-refractivity contribution >= 4 is 0 Å². The molecular formula is C6H4F6N2. The molecule has 0 saturated carbocycles. The van der Waals surface area contributed by atoms with Crippen LogP contribution in [0.25, 0.3) is 0 Å². The van der Waals surface area contributed by atoms with Crippen LogP contribution >= 0.6 is 0 Å². The van der Waals surface area contributed by atoms with Crippen LogP contribution in [0.2, 0.25) is 0 Å². The highest BCUT2D eigenvalue weighted by atomic mass is 19.4. The Morgan fingerprint density at radius 3 is 2.14 bits per heavy atom. The van der Waals surface area contributed by atoms with Gasteiger partial charge in [0.15, 0.2) is 0 Å². The van der Waals surface area contributed by atoms with E-state index in [1.54, 1.807) is 0 Å². The van der Waals surface area contributed by atoms with Crippen LogP contribution in [0.15, 0.2) is 12.5 Å².